The highest BCUT2D eigenvalue weighted by Gasteiger charge is 2.07. The molecule has 0 aromatic carbocycles. The van der Waals surface area contributed by atoms with Crippen molar-refractivity contribution in [3.05, 3.63) is 17.0 Å². The lowest BCUT2D eigenvalue weighted by atomic mass is 10.2. The van der Waals surface area contributed by atoms with Crippen molar-refractivity contribution in [2.75, 3.05) is 25.5 Å². The van der Waals surface area contributed by atoms with Crippen LogP contribution in [0.5, 0.6) is 0 Å². The molecule has 0 radical (unpaired) electrons. The van der Waals surface area contributed by atoms with Gasteiger partial charge in [0.25, 0.3) is 0 Å². The van der Waals surface area contributed by atoms with Gasteiger partial charge in [0.1, 0.15) is 16.8 Å². The van der Waals surface area contributed by atoms with E-state index in [-0.39, 0.29) is 5.92 Å². The van der Waals surface area contributed by atoms with E-state index in [4.69, 9.17) is 11.6 Å². The molecule has 0 spiro atoms. The summed E-state index contributed by atoms with van der Waals surface area (Å²) in [5.74, 6) is 1.90. The summed E-state index contributed by atoms with van der Waals surface area (Å²) in [6, 6.07) is 2.39. The van der Waals surface area contributed by atoms with Crippen LogP contribution in [0.25, 0.3) is 0 Å². The summed E-state index contributed by atoms with van der Waals surface area (Å²) < 4.78 is 0. The Morgan fingerprint density at radius 3 is 2.50 bits per heavy atom. The Labute approximate surface area is 127 Å². The third-order valence-corrected chi connectivity index (χ3v) is 3.55. The highest BCUT2D eigenvalue weighted by atomic mass is 35.5. The molecule has 0 aliphatic rings. The SMILES string of the molecule is CC(C)c1nc(Cl)cc(NCCCCN(C)C(C)C)n1. The largest absolute Gasteiger partial charge is 0.370 e. The van der Waals surface area contributed by atoms with Crippen molar-refractivity contribution < 1.29 is 0 Å². The molecule has 4 nitrogen and oxygen atoms in total. The molecule has 20 heavy (non-hydrogen) atoms. The number of hydrogen-bond acceptors (Lipinski definition) is 4. The van der Waals surface area contributed by atoms with E-state index in [0.29, 0.717) is 11.2 Å². The number of nitrogens with zero attached hydrogens (tertiary/aromatic N) is 3. The average Bonchev–Trinajstić information content (AvgIpc) is 2.37. The summed E-state index contributed by atoms with van der Waals surface area (Å²) in [5.41, 5.74) is 0. The van der Waals surface area contributed by atoms with Gasteiger partial charge in [-0.2, -0.15) is 0 Å². The van der Waals surface area contributed by atoms with E-state index in [9.17, 15) is 0 Å². The maximum Gasteiger partial charge on any atom is 0.135 e. The quantitative estimate of drug-likeness (QED) is 0.586. The van der Waals surface area contributed by atoms with Crippen LogP contribution in [0.2, 0.25) is 5.15 Å². The molecule has 1 aromatic rings. The van der Waals surface area contributed by atoms with Gasteiger partial charge in [-0.1, -0.05) is 25.4 Å². The summed E-state index contributed by atoms with van der Waals surface area (Å²) >= 11 is 6.01. The molecule has 0 fully saturated rings. The molecule has 1 N–H and O–H groups in total. The van der Waals surface area contributed by atoms with Crippen molar-refractivity contribution in [3.8, 4) is 0 Å². The molecule has 0 aliphatic carbocycles. The second-order valence-corrected chi connectivity index (χ2v) is 6.18. The van der Waals surface area contributed by atoms with Gasteiger partial charge in [0.05, 0.1) is 0 Å². The minimum Gasteiger partial charge on any atom is -0.370 e. The Morgan fingerprint density at radius 1 is 1.20 bits per heavy atom. The molecule has 0 amide bonds. The number of nitrogens with one attached hydrogen (secondary N) is 1. The van der Waals surface area contributed by atoms with E-state index in [1.54, 1.807) is 6.07 Å². The Kier molecular flexibility index (Phi) is 7.24. The third-order valence-electron chi connectivity index (χ3n) is 3.35. The van der Waals surface area contributed by atoms with Gasteiger partial charge in [-0.05, 0) is 40.3 Å². The number of unbranched alkanes of at least 4 members (excludes halogenated alkanes) is 1. The summed E-state index contributed by atoms with van der Waals surface area (Å²) in [4.78, 5) is 11.1. The highest BCUT2D eigenvalue weighted by Crippen LogP contribution is 2.16. The fraction of sp³-hybridized carbons (Fsp3) is 0.733. The van der Waals surface area contributed by atoms with Gasteiger partial charge in [-0.3, -0.25) is 0 Å². The molecule has 0 bridgehead atoms. The summed E-state index contributed by atoms with van der Waals surface area (Å²) in [6.07, 6.45) is 2.30. The van der Waals surface area contributed by atoms with E-state index in [1.165, 1.54) is 6.42 Å². The first kappa shape index (κ1) is 17.2. The van der Waals surface area contributed by atoms with Gasteiger partial charge < -0.3 is 10.2 Å². The van der Waals surface area contributed by atoms with Crippen molar-refractivity contribution in [2.24, 2.45) is 0 Å². The van der Waals surface area contributed by atoms with Crippen molar-refractivity contribution in [2.45, 2.75) is 52.5 Å². The predicted molar refractivity (Wildman–Crippen MR) is 86.6 cm³/mol. The Bertz CT molecular complexity index is 407. The normalized spacial score (nSPS) is 11.7. The number of anilines is 1. The molecular weight excluding hydrogens is 272 g/mol. The van der Waals surface area contributed by atoms with Crippen LogP contribution >= 0.6 is 11.6 Å². The highest BCUT2D eigenvalue weighted by molar-refractivity contribution is 6.29. The van der Waals surface area contributed by atoms with Gasteiger partial charge in [0.2, 0.25) is 0 Å². The first-order valence-electron chi connectivity index (χ1n) is 7.38. The molecule has 1 aromatic heterocycles. The lowest BCUT2D eigenvalue weighted by Gasteiger charge is -2.20. The maximum atomic E-state index is 6.01. The van der Waals surface area contributed by atoms with Crippen LogP contribution in [0.15, 0.2) is 6.07 Å². The molecular formula is C15H27ClN4. The molecule has 0 aliphatic heterocycles. The van der Waals surface area contributed by atoms with E-state index < -0.39 is 0 Å². The van der Waals surface area contributed by atoms with Crippen LogP contribution in [0, 0.1) is 0 Å². The topological polar surface area (TPSA) is 41.1 Å². The summed E-state index contributed by atoms with van der Waals surface area (Å²) in [7, 11) is 2.16. The zero-order chi connectivity index (χ0) is 15.1. The second-order valence-electron chi connectivity index (χ2n) is 5.80. The maximum absolute atomic E-state index is 6.01. The molecule has 0 atom stereocenters. The second kappa shape index (κ2) is 8.42. The fourth-order valence-electron chi connectivity index (χ4n) is 1.74. The minimum atomic E-state index is 0.286. The first-order valence-corrected chi connectivity index (χ1v) is 7.76. The minimum absolute atomic E-state index is 0.286. The zero-order valence-corrected chi connectivity index (χ0v) is 14.0. The summed E-state index contributed by atoms with van der Waals surface area (Å²) in [6.45, 7) is 10.6. The molecule has 0 unspecified atom stereocenters. The van der Waals surface area contributed by atoms with Crippen molar-refractivity contribution in [1.29, 1.82) is 0 Å². The lowest BCUT2D eigenvalue weighted by Crippen LogP contribution is -2.27. The van der Waals surface area contributed by atoms with E-state index in [1.807, 2.05) is 0 Å². The average molecular weight is 299 g/mol. The van der Waals surface area contributed by atoms with Crippen LogP contribution in [0.4, 0.5) is 5.82 Å². The Hall–Kier alpha value is -0.870. The molecule has 0 saturated carbocycles. The van der Waals surface area contributed by atoms with E-state index in [2.05, 4.69) is 54.9 Å². The third kappa shape index (κ3) is 6.06. The number of halogens is 1. The van der Waals surface area contributed by atoms with Gasteiger partial charge in [0, 0.05) is 24.6 Å². The van der Waals surface area contributed by atoms with Crippen LogP contribution in [-0.4, -0.2) is 41.0 Å². The summed E-state index contributed by atoms with van der Waals surface area (Å²) in [5, 5.41) is 3.83. The van der Waals surface area contributed by atoms with Crippen molar-refractivity contribution >= 4 is 17.4 Å². The van der Waals surface area contributed by atoms with Crippen LogP contribution in [0.1, 0.15) is 52.3 Å². The molecule has 5 heteroatoms. The monoisotopic (exact) mass is 298 g/mol. The van der Waals surface area contributed by atoms with Crippen LogP contribution in [-0.2, 0) is 0 Å². The number of hydrogen-bond donors (Lipinski definition) is 1. The molecule has 1 rings (SSSR count). The van der Waals surface area contributed by atoms with Gasteiger partial charge in [0.15, 0.2) is 0 Å². The zero-order valence-electron chi connectivity index (χ0n) is 13.3. The first-order chi connectivity index (χ1) is 9.40. The standard InChI is InChI=1S/C15H27ClN4/c1-11(2)15-18-13(16)10-14(19-15)17-8-6-7-9-20(5)12(3)4/h10-12H,6-9H2,1-5H3,(H,17,18,19). The van der Waals surface area contributed by atoms with E-state index in [0.717, 1.165) is 31.2 Å². The number of aromatic nitrogens is 2. The predicted octanol–water partition coefficient (Wildman–Crippen LogP) is 3.79. The Balaban J connectivity index is 2.35. The molecule has 0 saturated heterocycles. The van der Waals surface area contributed by atoms with Crippen LogP contribution in [0.3, 0.4) is 0 Å². The van der Waals surface area contributed by atoms with Crippen LogP contribution < -0.4 is 5.32 Å². The van der Waals surface area contributed by atoms with Gasteiger partial charge >= 0.3 is 0 Å². The van der Waals surface area contributed by atoms with E-state index >= 15 is 0 Å². The fourth-order valence-corrected chi connectivity index (χ4v) is 1.93. The van der Waals surface area contributed by atoms with Gasteiger partial charge in [-0.25, -0.2) is 9.97 Å². The smallest absolute Gasteiger partial charge is 0.135 e. The van der Waals surface area contributed by atoms with Crippen molar-refractivity contribution in [3.63, 3.8) is 0 Å². The molecule has 114 valence electrons. The van der Waals surface area contributed by atoms with Crippen molar-refractivity contribution in [1.82, 2.24) is 14.9 Å². The molecule has 1 heterocycles. The lowest BCUT2D eigenvalue weighted by molar-refractivity contribution is 0.269. The number of rotatable bonds is 8. The van der Waals surface area contributed by atoms with Gasteiger partial charge in [-0.15, -0.1) is 0 Å². The Morgan fingerprint density at radius 2 is 1.90 bits per heavy atom.